The zero-order valence-corrected chi connectivity index (χ0v) is 13.0. The van der Waals surface area contributed by atoms with Crippen LogP contribution in [-0.4, -0.2) is 20.7 Å². The van der Waals surface area contributed by atoms with Gasteiger partial charge < -0.3 is 0 Å². The van der Waals surface area contributed by atoms with E-state index in [4.69, 9.17) is 0 Å². The Bertz CT molecular complexity index is 391. The van der Waals surface area contributed by atoms with Gasteiger partial charge in [-0.1, -0.05) is 0 Å². The van der Waals surface area contributed by atoms with Crippen molar-refractivity contribution in [3.63, 3.8) is 0 Å². The molecule has 1 aromatic rings. The second-order valence-electron chi connectivity index (χ2n) is 5.54. The summed E-state index contributed by atoms with van der Waals surface area (Å²) in [6.45, 7) is 2.34. The molecule has 0 unspecified atom stereocenters. The van der Waals surface area contributed by atoms with Gasteiger partial charge in [-0.15, -0.1) is 0 Å². The molecule has 0 saturated heterocycles. The van der Waals surface area contributed by atoms with Gasteiger partial charge in [-0.05, 0) is 0 Å². The number of benzene rings is 1. The second kappa shape index (κ2) is 6.04. The Balaban J connectivity index is 2.05. The van der Waals surface area contributed by atoms with Crippen LogP contribution in [0.2, 0.25) is 10.1 Å². The molecule has 1 saturated carbocycles. The van der Waals surface area contributed by atoms with Crippen LogP contribution in [-0.2, 0) is 0 Å². The van der Waals surface area contributed by atoms with Gasteiger partial charge in [-0.3, -0.25) is 0 Å². The van der Waals surface area contributed by atoms with E-state index in [0.717, 1.165) is 17.9 Å². The molecule has 0 N–H and O–H groups in total. The van der Waals surface area contributed by atoms with E-state index >= 15 is 0 Å². The topological polar surface area (TPSA) is 17.1 Å². The molecular weight excluding hydrogens is 287 g/mol. The third-order valence-electron chi connectivity index (χ3n) is 4.20. The van der Waals surface area contributed by atoms with Gasteiger partial charge in [0.25, 0.3) is 0 Å². The minimum absolute atomic E-state index is 0.340. The van der Waals surface area contributed by atoms with Crippen LogP contribution in [0.25, 0.3) is 0 Å². The predicted molar refractivity (Wildman–Crippen MR) is 77.3 cm³/mol. The van der Waals surface area contributed by atoms with E-state index in [2.05, 4.69) is 12.7 Å². The van der Waals surface area contributed by atoms with Crippen molar-refractivity contribution < 1.29 is 4.79 Å². The summed E-state index contributed by atoms with van der Waals surface area (Å²) in [5.41, 5.74) is 0.889. The third-order valence-corrected chi connectivity index (χ3v) is 7.17. The molecule has 0 heterocycles. The first-order chi connectivity index (χ1) is 8.65. The molecule has 0 bridgehead atoms. The molecule has 0 radical (unpaired) electrons. The molecule has 0 aliphatic heterocycles. The fraction of sp³-hybridized carbons (Fsp3) is 0.562. The van der Waals surface area contributed by atoms with Crippen molar-refractivity contribution in [2.75, 3.05) is 0 Å². The molecule has 0 spiro atoms. The molecule has 98 valence electrons. The van der Waals surface area contributed by atoms with E-state index in [1.54, 1.807) is 0 Å². The van der Waals surface area contributed by atoms with Crippen molar-refractivity contribution in [2.45, 2.75) is 49.2 Å². The zero-order chi connectivity index (χ0) is 13.0. The van der Waals surface area contributed by atoms with Gasteiger partial charge in [0.2, 0.25) is 0 Å². The van der Waals surface area contributed by atoms with Crippen molar-refractivity contribution in [1.29, 1.82) is 0 Å². The van der Waals surface area contributed by atoms with Crippen molar-refractivity contribution in [3.8, 4) is 0 Å². The maximum atomic E-state index is 12.4. The number of hydrogen-bond donors (Lipinski definition) is 0. The molecule has 2 rings (SSSR count). The molecule has 1 fully saturated rings. The standard InChI is InChI=1S/C16H22OSe/c1-13-8-10-16(18-2,11-9-13)12-15(17)14-6-4-3-5-7-14/h3-7,13H,8-12H2,1-2H3. The van der Waals surface area contributed by atoms with Gasteiger partial charge in [-0.2, -0.15) is 0 Å². The van der Waals surface area contributed by atoms with Crippen LogP contribution in [0.4, 0.5) is 0 Å². The molecular formula is C16H22OSe. The van der Waals surface area contributed by atoms with E-state index in [0.29, 0.717) is 25.1 Å². The Morgan fingerprint density at radius 2 is 1.89 bits per heavy atom. The van der Waals surface area contributed by atoms with E-state index in [1.807, 2.05) is 30.3 Å². The van der Waals surface area contributed by atoms with Crippen LogP contribution in [0, 0.1) is 5.92 Å². The maximum absolute atomic E-state index is 12.4. The van der Waals surface area contributed by atoms with Crippen LogP contribution < -0.4 is 0 Å². The Kier molecular flexibility index (Phi) is 4.64. The van der Waals surface area contributed by atoms with Crippen molar-refractivity contribution in [1.82, 2.24) is 0 Å². The molecule has 18 heavy (non-hydrogen) atoms. The van der Waals surface area contributed by atoms with Gasteiger partial charge in [-0.25, -0.2) is 0 Å². The summed E-state index contributed by atoms with van der Waals surface area (Å²) < 4.78 is 0.340. The monoisotopic (exact) mass is 310 g/mol. The first-order valence-corrected chi connectivity index (χ1v) is 9.35. The van der Waals surface area contributed by atoms with E-state index in [-0.39, 0.29) is 0 Å². The number of carbonyl (C=O) groups excluding carboxylic acids is 1. The Morgan fingerprint density at radius 1 is 1.28 bits per heavy atom. The van der Waals surface area contributed by atoms with E-state index in [9.17, 15) is 4.79 Å². The number of carbonyl (C=O) groups is 1. The van der Waals surface area contributed by atoms with Crippen LogP contribution in [0.15, 0.2) is 30.3 Å². The molecule has 0 aromatic heterocycles. The van der Waals surface area contributed by atoms with Crippen molar-refractivity contribution in [3.05, 3.63) is 35.9 Å². The van der Waals surface area contributed by atoms with Crippen LogP contribution in [0.3, 0.4) is 0 Å². The Hall–Kier alpha value is -0.591. The van der Waals surface area contributed by atoms with E-state index < -0.39 is 0 Å². The number of rotatable bonds is 4. The zero-order valence-electron chi connectivity index (χ0n) is 11.3. The quantitative estimate of drug-likeness (QED) is 0.596. The molecule has 1 nitrogen and oxygen atoms in total. The average molecular weight is 309 g/mol. The summed E-state index contributed by atoms with van der Waals surface area (Å²) >= 11 is 0.567. The first kappa shape index (κ1) is 13.8. The fourth-order valence-electron chi connectivity index (χ4n) is 2.76. The molecule has 1 aliphatic carbocycles. The van der Waals surface area contributed by atoms with Gasteiger partial charge in [0.1, 0.15) is 0 Å². The first-order valence-electron chi connectivity index (χ1n) is 6.79. The van der Waals surface area contributed by atoms with Gasteiger partial charge in [0, 0.05) is 0 Å². The molecule has 1 aliphatic rings. The molecule has 2 heteroatoms. The van der Waals surface area contributed by atoms with Crippen molar-refractivity contribution >= 4 is 20.7 Å². The number of hydrogen-bond acceptors (Lipinski definition) is 1. The average Bonchev–Trinajstić information content (AvgIpc) is 2.43. The fourth-order valence-corrected chi connectivity index (χ4v) is 4.69. The van der Waals surface area contributed by atoms with E-state index in [1.165, 1.54) is 25.7 Å². The third kappa shape index (κ3) is 3.24. The van der Waals surface area contributed by atoms with Gasteiger partial charge in [0.05, 0.1) is 0 Å². The SMILES string of the molecule is C[Se]C1(CC(=O)c2ccccc2)CCC(C)CC1. The summed E-state index contributed by atoms with van der Waals surface area (Å²) in [6.07, 6.45) is 5.88. The van der Waals surface area contributed by atoms with Crippen LogP contribution >= 0.6 is 0 Å². The number of Topliss-reactive ketones (excluding diaryl/α,β-unsaturated/α-hetero) is 1. The number of ketones is 1. The summed E-state index contributed by atoms with van der Waals surface area (Å²) in [6, 6.07) is 9.78. The summed E-state index contributed by atoms with van der Waals surface area (Å²) in [4.78, 5) is 12.4. The van der Waals surface area contributed by atoms with Crippen LogP contribution in [0.5, 0.6) is 0 Å². The molecule has 0 atom stereocenters. The normalized spacial score (nSPS) is 28.0. The summed E-state index contributed by atoms with van der Waals surface area (Å²) in [7, 11) is 0. The predicted octanol–water partition coefficient (Wildman–Crippen LogP) is 4.38. The second-order valence-corrected chi connectivity index (χ2v) is 8.21. The molecule has 1 aromatic carbocycles. The van der Waals surface area contributed by atoms with Crippen LogP contribution in [0.1, 0.15) is 49.4 Å². The Labute approximate surface area is 117 Å². The van der Waals surface area contributed by atoms with Crippen molar-refractivity contribution in [2.24, 2.45) is 5.92 Å². The summed E-state index contributed by atoms with van der Waals surface area (Å²) in [5.74, 6) is 3.50. The van der Waals surface area contributed by atoms with Gasteiger partial charge >= 0.3 is 117 Å². The minimum atomic E-state index is 0.340. The molecule has 0 amide bonds. The summed E-state index contributed by atoms with van der Waals surface area (Å²) in [5, 5.41) is 0. The van der Waals surface area contributed by atoms with Gasteiger partial charge in [0.15, 0.2) is 0 Å². The Morgan fingerprint density at radius 3 is 2.44 bits per heavy atom.